The SMILES string of the molecule is NCC1(CNC(=O)c2ccncc2O)CCCC1. The first-order valence-corrected chi connectivity index (χ1v) is 6.28. The lowest BCUT2D eigenvalue weighted by molar-refractivity contribution is 0.0929. The van der Waals surface area contributed by atoms with E-state index in [0.29, 0.717) is 13.1 Å². The Morgan fingerprint density at radius 1 is 1.50 bits per heavy atom. The highest BCUT2D eigenvalue weighted by molar-refractivity contribution is 5.96. The Morgan fingerprint density at radius 2 is 2.22 bits per heavy atom. The lowest BCUT2D eigenvalue weighted by Crippen LogP contribution is -2.40. The maximum absolute atomic E-state index is 11.9. The minimum absolute atomic E-state index is 0.0400. The van der Waals surface area contributed by atoms with E-state index < -0.39 is 0 Å². The fraction of sp³-hybridized carbons (Fsp3) is 0.538. The van der Waals surface area contributed by atoms with Crippen molar-refractivity contribution < 1.29 is 9.90 Å². The Bertz CT molecular complexity index is 428. The zero-order chi connectivity index (χ0) is 13.0. The van der Waals surface area contributed by atoms with Crippen LogP contribution in [0.5, 0.6) is 5.75 Å². The third-order valence-corrected chi connectivity index (χ3v) is 3.77. The first-order valence-electron chi connectivity index (χ1n) is 6.28. The largest absolute Gasteiger partial charge is 0.505 e. The van der Waals surface area contributed by atoms with Gasteiger partial charge in [-0.25, -0.2) is 0 Å². The normalized spacial score (nSPS) is 17.6. The fourth-order valence-electron chi connectivity index (χ4n) is 2.52. The van der Waals surface area contributed by atoms with Crippen molar-refractivity contribution >= 4 is 5.91 Å². The number of pyridine rings is 1. The Kier molecular flexibility index (Phi) is 3.81. The average molecular weight is 249 g/mol. The third kappa shape index (κ3) is 2.61. The molecule has 0 atom stereocenters. The molecule has 1 saturated carbocycles. The summed E-state index contributed by atoms with van der Waals surface area (Å²) in [7, 11) is 0. The predicted octanol–water partition coefficient (Wildman–Crippen LogP) is 1.04. The maximum Gasteiger partial charge on any atom is 0.255 e. The Balaban J connectivity index is 1.98. The van der Waals surface area contributed by atoms with E-state index in [4.69, 9.17) is 5.73 Å². The van der Waals surface area contributed by atoms with E-state index >= 15 is 0 Å². The molecule has 0 radical (unpaired) electrons. The van der Waals surface area contributed by atoms with Crippen LogP contribution in [0.15, 0.2) is 18.5 Å². The summed E-state index contributed by atoms with van der Waals surface area (Å²) < 4.78 is 0. The number of carbonyl (C=O) groups excluding carboxylic acids is 1. The van der Waals surface area contributed by atoms with Crippen LogP contribution in [-0.2, 0) is 0 Å². The molecule has 0 aliphatic heterocycles. The van der Waals surface area contributed by atoms with Crippen molar-refractivity contribution in [1.29, 1.82) is 0 Å². The van der Waals surface area contributed by atoms with Gasteiger partial charge >= 0.3 is 0 Å². The molecule has 1 aromatic rings. The number of aromatic hydroxyl groups is 1. The second kappa shape index (κ2) is 5.35. The topological polar surface area (TPSA) is 88.2 Å². The molecule has 0 saturated heterocycles. The molecule has 0 unspecified atom stereocenters. The quantitative estimate of drug-likeness (QED) is 0.743. The molecule has 5 nitrogen and oxygen atoms in total. The monoisotopic (exact) mass is 249 g/mol. The molecule has 0 aromatic carbocycles. The van der Waals surface area contributed by atoms with Gasteiger partial charge in [0.15, 0.2) is 0 Å². The van der Waals surface area contributed by atoms with Crippen molar-refractivity contribution in [3.8, 4) is 5.75 Å². The van der Waals surface area contributed by atoms with E-state index in [9.17, 15) is 9.90 Å². The van der Waals surface area contributed by atoms with Gasteiger partial charge < -0.3 is 16.2 Å². The van der Waals surface area contributed by atoms with Crippen LogP contribution in [0.4, 0.5) is 0 Å². The molecule has 1 aliphatic rings. The van der Waals surface area contributed by atoms with E-state index in [2.05, 4.69) is 10.3 Å². The number of nitrogens with two attached hydrogens (primary N) is 1. The average Bonchev–Trinajstić information content (AvgIpc) is 2.86. The second-order valence-electron chi connectivity index (χ2n) is 4.99. The summed E-state index contributed by atoms with van der Waals surface area (Å²) in [4.78, 5) is 15.7. The number of aromatic nitrogens is 1. The molecular formula is C13H19N3O2. The minimum atomic E-state index is -0.269. The molecule has 1 heterocycles. The van der Waals surface area contributed by atoms with E-state index in [1.54, 1.807) is 0 Å². The third-order valence-electron chi connectivity index (χ3n) is 3.77. The van der Waals surface area contributed by atoms with Crippen molar-refractivity contribution in [2.24, 2.45) is 11.1 Å². The molecule has 0 spiro atoms. The lowest BCUT2D eigenvalue weighted by atomic mass is 9.86. The van der Waals surface area contributed by atoms with Crippen LogP contribution in [0.2, 0.25) is 0 Å². The van der Waals surface area contributed by atoms with E-state index in [1.165, 1.54) is 31.3 Å². The van der Waals surface area contributed by atoms with Gasteiger partial charge in [0.2, 0.25) is 0 Å². The summed E-state index contributed by atoms with van der Waals surface area (Å²) in [5.41, 5.74) is 6.11. The van der Waals surface area contributed by atoms with Crippen molar-refractivity contribution in [1.82, 2.24) is 10.3 Å². The molecule has 4 N–H and O–H groups in total. The smallest absolute Gasteiger partial charge is 0.255 e. The predicted molar refractivity (Wildman–Crippen MR) is 68.2 cm³/mol. The van der Waals surface area contributed by atoms with Crippen LogP contribution in [0.1, 0.15) is 36.0 Å². The van der Waals surface area contributed by atoms with Crippen LogP contribution in [-0.4, -0.2) is 29.1 Å². The van der Waals surface area contributed by atoms with Crippen molar-refractivity contribution in [2.75, 3.05) is 13.1 Å². The van der Waals surface area contributed by atoms with Gasteiger partial charge in [-0.2, -0.15) is 0 Å². The second-order valence-corrected chi connectivity index (χ2v) is 4.99. The van der Waals surface area contributed by atoms with Crippen LogP contribution < -0.4 is 11.1 Å². The summed E-state index contributed by atoms with van der Waals surface area (Å²) in [5.74, 6) is -0.363. The summed E-state index contributed by atoms with van der Waals surface area (Å²) in [5, 5.41) is 12.4. The lowest BCUT2D eigenvalue weighted by Gasteiger charge is -2.27. The van der Waals surface area contributed by atoms with Crippen LogP contribution >= 0.6 is 0 Å². The van der Waals surface area contributed by atoms with Crippen LogP contribution in [0.25, 0.3) is 0 Å². The van der Waals surface area contributed by atoms with E-state index in [-0.39, 0.29) is 22.6 Å². The number of nitrogens with zero attached hydrogens (tertiary/aromatic N) is 1. The first kappa shape index (κ1) is 12.8. The van der Waals surface area contributed by atoms with Crippen molar-refractivity contribution in [2.45, 2.75) is 25.7 Å². The fourth-order valence-corrected chi connectivity index (χ4v) is 2.52. The van der Waals surface area contributed by atoms with E-state index in [1.807, 2.05) is 0 Å². The van der Waals surface area contributed by atoms with Gasteiger partial charge in [0.25, 0.3) is 5.91 Å². The number of amides is 1. The van der Waals surface area contributed by atoms with Gasteiger partial charge in [0.1, 0.15) is 5.75 Å². The van der Waals surface area contributed by atoms with Crippen LogP contribution in [0, 0.1) is 5.41 Å². The molecule has 98 valence electrons. The van der Waals surface area contributed by atoms with Gasteiger partial charge in [-0.15, -0.1) is 0 Å². The molecule has 1 amide bonds. The van der Waals surface area contributed by atoms with E-state index in [0.717, 1.165) is 12.8 Å². The highest BCUT2D eigenvalue weighted by Crippen LogP contribution is 2.36. The summed E-state index contributed by atoms with van der Waals surface area (Å²) in [6.07, 6.45) is 7.23. The zero-order valence-corrected chi connectivity index (χ0v) is 10.4. The number of nitrogens with one attached hydrogen (secondary N) is 1. The number of rotatable bonds is 4. The zero-order valence-electron chi connectivity index (χ0n) is 10.4. The van der Waals surface area contributed by atoms with Crippen LogP contribution in [0.3, 0.4) is 0 Å². The van der Waals surface area contributed by atoms with Gasteiger partial charge in [-0.3, -0.25) is 9.78 Å². The number of hydrogen-bond acceptors (Lipinski definition) is 4. The molecule has 18 heavy (non-hydrogen) atoms. The first-order chi connectivity index (χ1) is 8.67. The van der Waals surface area contributed by atoms with Crippen molar-refractivity contribution in [3.63, 3.8) is 0 Å². The molecule has 1 aromatic heterocycles. The van der Waals surface area contributed by atoms with Gasteiger partial charge in [-0.05, 0) is 30.9 Å². The summed E-state index contributed by atoms with van der Waals surface area (Å²) >= 11 is 0. The molecule has 0 bridgehead atoms. The van der Waals surface area contributed by atoms with Gasteiger partial charge in [0.05, 0.1) is 11.8 Å². The summed E-state index contributed by atoms with van der Waals surface area (Å²) in [6.45, 7) is 1.17. The molecule has 5 heteroatoms. The Labute approximate surface area is 106 Å². The molecular weight excluding hydrogens is 230 g/mol. The standard InChI is InChI=1S/C13H19N3O2/c14-8-13(4-1-2-5-13)9-16-12(18)10-3-6-15-7-11(10)17/h3,6-7,17H,1-2,4-5,8-9,14H2,(H,16,18). The van der Waals surface area contributed by atoms with Gasteiger partial charge in [0, 0.05) is 12.7 Å². The molecule has 1 aliphatic carbocycles. The maximum atomic E-state index is 11.9. The van der Waals surface area contributed by atoms with Crippen molar-refractivity contribution in [3.05, 3.63) is 24.0 Å². The molecule has 1 fully saturated rings. The van der Waals surface area contributed by atoms with Gasteiger partial charge in [-0.1, -0.05) is 12.8 Å². The Morgan fingerprint density at radius 3 is 2.83 bits per heavy atom. The molecule has 2 rings (SSSR count). The highest BCUT2D eigenvalue weighted by Gasteiger charge is 2.32. The Hall–Kier alpha value is -1.62. The summed E-state index contributed by atoms with van der Waals surface area (Å²) in [6, 6.07) is 1.51. The minimum Gasteiger partial charge on any atom is -0.505 e. The number of carbonyl (C=O) groups is 1. The number of hydrogen-bond donors (Lipinski definition) is 3. The highest BCUT2D eigenvalue weighted by atomic mass is 16.3.